The van der Waals surface area contributed by atoms with Gasteiger partial charge in [0.25, 0.3) is 0 Å². The molecular formula is C14H10BrClN2O. The van der Waals surface area contributed by atoms with Gasteiger partial charge in [0.1, 0.15) is 17.1 Å². The molecule has 3 nitrogen and oxygen atoms in total. The lowest BCUT2D eigenvalue weighted by molar-refractivity contribution is 0.484. The average Bonchev–Trinajstić information content (AvgIpc) is 2.76. The molecule has 0 bridgehead atoms. The van der Waals surface area contributed by atoms with Crippen LogP contribution in [0.15, 0.2) is 40.9 Å². The van der Waals surface area contributed by atoms with Crippen molar-refractivity contribution in [2.75, 3.05) is 0 Å². The number of aromatic nitrogens is 2. The summed E-state index contributed by atoms with van der Waals surface area (Å²) in [6, 6.07) is 11.1. The molecule has 3 rings (SSSR count). The Labute approximate surface area is 123 Å². The molecule has 1 aromatic heterocycles. The first-order valence-electron chi connectivity index (χ1n) is 5.72. The molecule has 0 aliphatic rings. The number of halogens is 2. The van der Waals surface area contributed by atoms with Gasteiger partial charge in [-0.25, -0.2) is 4.98 Å². The third-order valence-corrected chi connectivity index (χ3v) is 3.59. The van der Waals surface area contributed by atoms with Crippen LogP contribution in [0, 0.1) is 6.92 Å². The molecular weight excluding hydrogens is 328 g/mol. The molecule has 1 heterocycles. The number of rotatable bonds is 2. The molecule has 19 heavy (non-hydrogen) atoms. The molecule has 2 aromatic carbocycles. The number of ether oxygens (including phenoxy) is 1. The van der Waals surface area contributed by atoms with Gasteiger partial charge >= 0.3 is 0 Å². The molecule has 0 unspecified atom stereocenters. The van der Waals surface area contributed by atoms with Crippen molar-refractivity contribution in [3.63, 3.8) is 0 Å². The first-order chi connectivity index (χ1) is 9.13. The Morgan fingerprint density at radius 2 is 1.89 bits per heavy atom. The van der Waals surface area contributed by atoms with Gasteiger partial charge in [0.15, 0.2) is 5.75 Å². The van der Waals surface area contributed by atoms with Gasteiger partial charge < -0.3 is 9.72 Å². The first-order valence-corrected chi connectivity index (χ1v) is 6.89. The fourth-order valence-electron chi connectivity index (χ4n) is 1.87. The second kappa shape index (κ2) is 4.87. The number of benzene rings is 2. The first kappa shape index (κ1) is 12.5. The van der Waals surface area contributed by atoms with Gasteiger partial charge in [-0.2, -0.15) is 0 Å². The third-order valence-electron chi connectivity index (χ3n) is 2.71. The van der Waals surface area contributed by atoms with Crippen LogP contribution in [0.25, 0.3) is 11.0 Å². The Kier molecular flexibility index (Phi) is 3.21. The van der Waals surface area contributed by atoms with Gasteiger partial charge in [-0.05, 0) is 59.3 Å². The fourth-order valence-corrected chi connectivity index (χ4v) is 2.39. The third kappa shape index (κ3) is 2.46. The lowest BCUT2D eigenvalue weighted by Crippen LogP contribution is -1.87. The van der Waals surface area contributed by atoms with E-state index in [-0.39, 0.29) is 0 Å². The minimum absolute atomic E-state index is 0.681. The number of fused-ring (bicyclic) bond motifs is 1. The van der Waals surface area contributed by atoms with E-state index in [1.807, 2.05) is 31.2 Å². The molecule has 0 fully saturated rings. The molecule has 96 valence electrons. The summed E-state index contributed by atoms with van der Waals surface area (Å²) in [6.07, 6.45) is 0. The quantitative estimate of drug-likeness (QED) is 0.708. The van der Waals surface area contributed by atoms with Crippen LogP contribution in [-0.4, -0.2) is 9.97 Å². The van der Waals surface area contributed by atoms with Crippen molar-refractivity contribution in [2.24, 2.45) is 0 Å². The van der Waals surface area contributed by atoms with E-state index in [9.17, 15) is 0 Å². The zero-order chi connectivity index (χ0) is 13.4. The van der Waals surface area contributed by atoms with E-state index < -0.39 is 0 Å². The summed E-state index contributed by atoms with van der Waals surface area (Å²) in [5.74, 6) is 2.27. The number of aromatic amines is 1. The highest BCUT2D eigenvalue weighted by Gasteiger charge is 2.12. The van der Waals surface area contributed by atoms with Crippen molar-refractivity contribution < 1.29 is 4.74 Å². The molecule has 3 aromatic rings. The number of hydrogen-bond acceptors (Lipinski definition) is 2. The highest BCUT2D eigenvalue weighted by molar-refractivity contribution is 9.10. The molecule has 0 amide bonds. The Hall–Kier alpha value is -1.52. The van der Waals surface area contributed by atoms with Crippen LogP contribution in [0.1, 0.15) is 5.82 Å². The van der Waals surface area contributed by atoms with E-state index in [4.69, 9.17) is 16.3 Å². The predicted octanol–water partition coefficient (Wildman–Crippen LogP) is 5.08. The molecule has 1 N–H and O–H groups in total. The summed E-state index contributed by atoms with van der Waals surface area (Å²) < 4.78 is 6.77. The van der Waals surface area contributed by atoms with E-state index in [2.05, 4.69) is 25.9 Å². The maximum atomic E-state index is 5.90. The Balaban J connectivity index is 2.08. The van der Waals surface area contributed by atoms with Crippen molar-refractivity contribution >= 4 is 38.6 Å². The van der Waals surface area contributed by atoms with Crippen molar-refractivity contribution in [1.29, 1.82) is 0 Å². The molecule has 0 aliphatic carbocycles. The second-order valence-electron chi connectivity index (χ2n) is 4.15. The molecule has 5 heteroatoms. The van der Waals surface area contributed by atoms with E-state index in [0.717, 1.165) is 27.1 Å². The van der Waals surface area contributed by atoms with E-state index in [1.54, 1.807) is 12.1 Å². The molecule has 0 spiro atoms. The Morgan fingerprint density at radius 3 is 2.63 bits per heavy atom. The van der Waals surface area contributed by atoms with Crippen LogP contribution in [0.2, 0.25) is 5.02 Å². The minimum Gasteiger partial charge on any atom is -0.454 e. The minimum atomic E-state index is 0.681. The van der Waals surface area contributed by atoms with Crippen LogP contribution >= 0.6 is 27.5 Å². The average molecular weight is 338 g/mol. The van der Waals surface area contributed by atoms with Crippen molar-refractivity contribution in [1.82, 2.24) is 9.97 Å². The monoisotopic (exact) mass is 336 g/mol. The van der Waals surface area contributed by atoms with Gasteiger partial charge in [0.2, 0.25) is 0 Å². The molecule has 0 saturated heterocycles. The van der Waals surface area contributed by atoms with Gasteiger partial charge in [0, 0.05) is 5.02 Å². The summed E-state index contributed by atoms with van der Waals surface area (Å²) in [5.41, 5.74) is 1.76. The maximum Gasteiger partial charge on any atom is 0.169 e. The second-order valence-corrected chi connectivity index (χ2v) is 5.44. The van der Waals surface area contributed by atoms with Crippen LogP contribution in [0.4, 0.5) is 0 Å². The normalized spacial score (nSPS) is 10.9. The standard InChI is InChI=1S/C14H10BrClN2O/c1-8-17-12-7-6-11(15)14(13(12)18-8)19-10-4-2-9(16)3-5-10/h2-7H,1H3,(H,17,18). The predicted molar refractivity (Wildman–Crippen MR) is 80.1 cm³/mol. The smallest absolute Gasteiger partial charge is 0.169 e. The van der Waals surface area contributed by atoms with Crippen molar-refractivity contribution in [3.8, 4) is 11.5 Å². The summed E-state index contributed by atoms with van der Waals surface area (Å²) in [4.78, 5) is 7.64. The van der Waals surface area contributed by atoms with Gasteiger partial charge in [-0.1, -0.05) is 11.6 Å². The lowest BCUT2D eigenvalue weighted by Gasteiger charge is -2.08. The largest absolute Gasteiger partial charge is 0.454 e. The molecule has 0 aliphatic heterocycles. The van der Waals surface area contributed by atoms with Crippen LogP contribution in [0.5, 0.6) is 11.5 Å². The van der Waals surface area contributed by atoms with Crippen LogP contribution < -0.4 is 4.74 Å². The van der Waals surface area contributed by atoms with E-state index in [0.29, 0.717) is 10.8 Å². The highest BCUT2D eigenvalue weighted by Crippen LogP contribution is 2.36. The van der Waals surface area contributed by atoms with Crippen LogP contribution in [-0.2, 0) is 0 Å². The summed E-state index contributed by atoms with van der Waals surface area (Å²) in [6.45, 7) is 1.92. The van der Waals surface area contributed by atoms with Gasteiger partial charge in [-0.3, -0.25) is 0 Å². The molecule has 0 radical (unpaired) electrons. The Morgan fingerprint density at radius 1 is 1.16 bits per heavy atom. The number of hydrogen-bond donors (Lipinski definition) is 1. The van der Waals surface area contributed by atoms with E-state index >= 15 is 0 Å². The number of imidazole rings is 1. The fraction of sp³-hybridized carbons (Fsp3) is 0.0714. The highest BCUT2D eigenvalue weighted by atomic mass is 79.9. The molecule has 0 atom stereocenters. The zero-order valence-electron chi connectivity index (χ0n) is 10.1. The Bertz CT molecular complexity index is 737. The summed E-state index contributed by atoms with van der Waals surface area (Å²) in [7, 11) is 0. The van der Waals surface area contributed by atoms with E-state index in [1.165, 1.54) is 0 Å². The number of aryl methyl sites for hydroxylation is 1. The number of H-pyrrole nitrogens is 1. The van der Waals surface area contributed by atoms with Gasteiger partial charge in [0.05, 0.1) is 9.99 Å². The van der Waals surface area contributed by atoms with Crippen molar-refractivity contribution in [2.45, 2.75) is 6.92 Å². The zero-order valence-corrected chi connectivity index (χ0v) is 12.4. The topological polar surface area (TPSA) is 37.9 Å². The maximum absolute atomic E-state index is 5.90. The summed E-state index contributed by atoms with van der Waals surface area (Å²) >= 11 is 9.36. The summed E-state index contributed by atoms with van der Waals surface area (Å²) in [5, 5.41) is 0.681. The van der Waals surface area contributed by atoms with Gasteiger partial charge in [-0.15, -0.1) is 0 Å². The van der Waals surface area contributed by atoms with Crippen LogP contribution in [0.3, 0.4) is 0 Å². The molecule has 0 saturated carbocycles. The SMILES string of the molecule is Cc1nc2c(Oc3ccc(Cl)cc3)c(Br)ccc2[nH]1. The number of nitrogens with zero attached hydrogens (tertiary/aromatic N) is 1. The number of nitrogens with one attached hydrogen (secondary N) is 1. The lowest BCUT2D eigenvalue weighted by atomic mass is 10.3. The van der Waals surface area contributed by atoms with Crippen molar-refractivity contribution in [3.05, 3.63) is 51.7 Å².